The van der Waals surface area contributed by atoms with Crippen molar-refractivity contribution in [1.29, 1.82) is 0 Å². The molecule has 196 valence electrons. The van der Waals surface area contributed by atoms with Gasteiger partial charge in [-0.05, 0) is 52.7 Å². The van der Waals surface area contributed by atoms with Crippen molar-refractivity contribution < 1.29 is 14.1 Å². The molecule has 11 heteroatoms. The Bertz CT molecular complexity index is 1700. The molecule has 3 aromatic carbocycles. The Hall–Kier alpha value is -5.09. The van der Waals surface area contributed by atoms with E-state index >= 15 is 0 Å². The Morgan fingerprint density at radius 2 is 1.74 bits per heavy atom. The minimum Gasteiger partial charge on any atom is -0.436 e. The van der Waals surface area contributed by atoms with Gasteiger partial charge in [-0.15, -0.1) is 0 Å². The number of amides is 1. The number of nitrogen functional groups attached to an aromatic ring is 1. The van der Waals surface area contributed by atoms with Gasteiger partial charge >= 0.3 is 0 Å². The van der Waals surface area contributed by atoms with E-state index in [-0.39, 0.29) is 24.3 Å². The van der Waals surface area contributed by atoms with Crippen molar-refractivity contribution in [1.82, 2.24) is 19.7 Å². The second-order valence-electron chi connectivity index (χ2n) is 8.48. The largest absolute Gasteiger partial charge is 0.436 e. The zero-order valence-electron chi connectivity index (χ0n) is 20.5. The molecular weight excluding hydrogens is 520 g/mol. The first kappa shape index (κ1) is 25.6. The third-order valence-corrected chi connectivity index (χ3v) is 5.96. The van der Waals surface area contributed by atoms with Crippen LogP contribution < -0.4 is 27.1 Å². The number of aromatic nitrogens is 3. The first-order valence-electron chi connectivity index (χ1n) is 11.9. The van der Waals surface area contributed by atoms with Crippen LogP contribution in [-0.2, 0) is 13.1 Å². The highest BCUT2D eigenvalue weighted by Gasteiger charge is 2.17. The summed E-state index contributed by atoms with van der Waals surface area (Å²) < 4.78 is 12.9. The van der Waals surface area contributed by atoms with Gasteiger partial charge in [-0.25, -0.2) is 9.67 Å². The lowest BCUT2D eigenvalue weighted by atomic mass is 10.2. The van der Waals surface area contributed by atoms with Gasteiger partial charge in [-0.3, -0.25) is 14.2 Å². The van der Waals surface area contributed by atoms with Gasteiger partial charge < -0.3 is 20.4 Å². The average Bonchev–Trinajstić information content (AvgIpc) is 3.47. The summed E-state index contributed by atoms with van der Waals surface area (Å²) in [5.74, 6) is 6.59. The fourth-order valence-electron chi connectivity index (χ4n) is 3.77. The van der Waals surface area contributed by atoms with Gasteiger partial charge in [0.1, 0.15) is 17.6 Å². The first-order chi connectivity index (χ1) is 19.0. The van der Waals surface area contributed by atoms with E-state index in [2.05, 4.69) is 15.5 Å². The number of benzene rings is 3. The maximum Gasteiger partial charge on any atom is 0.268 e. The summed E-state index contributed by atoms with van der Waals surface area (Å²) in [4.78, 5) is 31.2. The van der Waals surface area contributed by atoms with E-state index in [1.807, 2.05) is 30.3 Å². The molecule has 0 saturated heterocycles. The van der Waals surface area contributed by atoms with Crippen LogP contribution in [0, 0.1) is 0 Å². The minimum absolute atomic E-state index is 0.110. The monoisotopic (exact) mass is 542 g/mol. The summed E-state index contributed by atoms with van der Waals surface area (Å²) in [5, 5.41) is 7.06. The van der Waals surface area contributed by atoms with Crippen molar-refractivity contribution in [2.45, 2.75) is 13.1 Å². The SMILES string of the molecule is Nn1cc(C(=O)NCc2ccccc2)c(=O)n(Cc2ccc(Cl)cc2)c1=Nc1ccc(Oc2ccon2)cc1. The van der Waals surface area contributed by atoms with Gasteiger partial charge in [0.2, 0.25) is 5.62 Å². The molecule has 10 nitrogen and oxygen atoms in total. The van der Waals surface area contributed by atoms with Crippen LogP contribution >= 0.6 is 11.6 Å². The van der Waals surface area contributed by atoms with Crippen molar-refractivity contribution in [2.75, 3.05) is 5.84 Å². The number of halogens is 1. The first-order valence-corrected chi connectivity index (χ1v) is 12.3. The fraction of sp³-hybridized carbons (Fsp3) is 0.0714. The molecule has 0 radical (unpaired) electrons. The molecule has 5 rings (SSSR count). The number of ether oxygens (including phenoxy) is 1. The number of nitrogens with two attached hydrogens (primary N) is 1. The summed E-state index contributed by atoms with van der Waals surface area (Å²) in [6.45, 7) is 0.370. The van der Waals surface area contributed by atoms with Crippen LogP contribution in [0.15, 0.2) is 112 Å². The van der Waals surface area contributed by atoms with Gasteiger partial charge in [-0.1, -0.05) is 54.1 Å². The Morgan fingerprint density at radius 3 is 2.44 bits per heavy atom. The van der Waals surface area contributed by atoms with E-state index in [9.17, 15) is 9.59 Å². The second-order valence-corrected chi connectivity index (χ2v) is 8.92. The third-order valence-electron chi connectivity index (χ3n) is 5.71. The summed E-state index contributed by atoms with van der Waals surface area (Å²) in [6.07, 6.45) is 2.69. The van der Waals surface area contributed by atoms with Gasteiger partial charge in [0.15, 0.2) is 0 Å². The van der Waals surface area contributed by atoms with Crippen LogP contribution in [0.2, 0.25) is 5.02 Å². The molecule has 0 atom stereocenters. The summed E-state index contributed by atoms with van der Waals surface area (Å²) in [5.41, 5.74) is 1.67. The Labute approximate surface area is 227 Å². The van der Waals surface area contributed by atoms with Crippen molar-refractivity contribution >= 4 is 23.2 Å². The van der Waals surface area contributed by atoms with Gasteiger partial charge in [-0.2, -0.15) is 0 Å². The van der Waals surface area contributed by atoms with Crippen LogP contribution in [-0.4, -0.2) is 20.3 Å². The van der Waals surface area contributed by atoms with Gasteiger partial charge in [0.25, 0.3) is 17.3 Å². The lowest BCUT2D eigenvalue weighted by Crippen LogP contribution is -2.47. The predicted octanol–water partition coefficient (Wildman–Crippen LogP) is 4.01. The Morgan fingerprint density at radius 1 is 1.00 bits per heavy atom. The molecule has 0 bridgehead atoms. The van der Waals surface area contributed by atoms with Crippen LogP contribution in [0.25, 0.3) is 0 Å². The number of nitrogens with zero attached hydrogens (tertiary/aromatic N) is 4. The molecule has 2 heterocycles. The molecule has 0 aliphatic heterocycles. The summed E-state index contributed by atoms with van der Waals surface area (Å²) in [6, 6.07) is 24.8. The highest BCUT2D eigenvalue weighted by Crippen LogP contribution is 2.22. The number of carbonyl (C=O) groups excluding carboxylic acids is 1. The molecule has 0 unspecified atom stereocenters. The number of rotatable bonds is 8. The van der Waals surface area contributed by atoms with E-state index in [0.717, 1.165) is 15.8 Å². The van der Waals surface area contributed by atoms with Crippen molar-refractivity contribution in [3.63, 3.8) is 0 Å². The summed E-state index contributed by atoms with van der Waals surface area (Å²) in [7, 11) is 0. The van der Waals surface area contributed by atoms with E-state index in [0.29, 0.717) is 22.3 Å². The molecule has 0 fully saturated rings. The van der Waals surface area contributed by atoms with E-state index in [1.54, 1.807) is 54.6 Å². The zero-order chi connectivity index (χ0) is 27.2. The number of nitrogens with one attached hydrogen (secondary N) is 1. The Balaban J connectivity index is 1.51. The van der Waals surface area contributed by atoms with Gasteiger partial charge in [0.05, 0.1) is 12.2 Å². The normalized spacial score (nSPS) is 11.4. The Kier molecular flexibility index (Phi) is 7.56. The van der Waals surface area contributed by atoms with Crippen LogP contribution in [0.5, 0.6) is 11.6 Å². The molecule has 1 amide bonds. The molecule has 0 aliphatic rings. The lowest BCUT2D eigenvalue weighted by molar-refractivity contribution is 0.0947. The number of hydrogen-bond acceptors (Lipinski definition) is 7. The van der Waals surface area contributed by atoms with Crippen molar-refractivity contribution in [3.05, 3.63) is 135 Å². The fourth-order valence-corrected chi connectivity index (χ4v) is 3.89. The van der Waals surface area contributed by atoms with Crippen LogP contribution in [0.4, 0.5) is 5.69 Å². The van der Waals surface area contributed by atoms with Crippen LogP contribution in [0.3, 0.4) is 0 Å². The molecule has 5 aromatic rings. The molecule has 2 aromatic heterocycles. The molecule has 0 spiro atoms. The standard InChI is InChI=1S/C28H23ClN6O4/c29-21-8-6-20(7-9-21)17-34-27(37)24(26(36)31-16-19-4-2-1-3-5-19)18-35(30)28(34)32-22-10-12-23(13-11-22)39-25-14-15-38-33-25/h1-15,18H,16-17,30H2,(H,31,36). The smallest absolute Gasteiger partial charge is 0.268 e. The van der Waals surface area contributed by atoms with E-state index in [4.69, 9.17) is 26.7 Å². The van der Waals surface area contributed by atoms with Crippen LogP contribution in [0.1, 0.15) is 21.5 Å². The second kappa shape index (κ2) is 11.5. The minimum atomic E-state index is -0.547. The molecule has 3 N–H and O–H groups in total. The average molecular weight is 543 g/mol. The highest BCUT2D eigenvalue weighted by atomic mass is 35.5. The van der Waals surface area contributed by atoms with E-state index in [1.165, 1.54) is 17.0 Å². The molecule has 0 aliphatic carbocycles. The van der Waals surface area contributed by atoms with Gasteiger partial charge in [0, 0.05) is 23.8 Å². The quantitative estimate of drug-likeness (QED) is 0.285. The molecular formula is C28H23ClN6O4. The number of carbonyl (C=O) groups is 1. The molecule has 39 heavy (non-hydrogen) atoms. The topological polar surface area (TPSA) is 130 Å². The zero-order valence-corrected chi connectivity index (χ0v) is 21.3. The van der Waals surface area contributed by atoms with Crippen molar-refractivity contribution in [3.8, 4) is 11.6 Å². The maximum absolute atomic E-state index is 13.6. The van der Waals surface area contributed by atoms with E-state index < -0.39 is 11.5 Å². The maximum atomic E-state index is 13.6. The lowest BCUT2D eigenvalue weighted by Gasteiger charge is -2.13. The summed E-state index contributed by atoms with van der Waals surface area (Å²) >= 11 is 6.04. The third kappa shape index (κ3) is 6.25. The molecule has 0 saturated carbocycles. The highest BCUT2D eigenvalue weighted by molar-refractivity contribution is 6.30. The number of hydrogen-bond donors (Lipinski definition) is 2. The predicted molar refractivity (Wildman–Crippen MR) is 145 cm³/mol. The van der Waals surface area contributed by atoms with Crippen molar-refractivity contribution in [2.24, 2.45) is 4.99 Å².